The average molecular weight is 380 g/mol. The van der Waals surface area contributed by atoms with Crippen LogP contribution >= 0.6 is 0 Å². The van der Waals surface area contributed by atoms with Crippen LogP contribution in [0.4, 0.5) is 0 Å². The maximum atomic E-state index is 5.47. The van der Waals surface area contributed by atoms with Crippen molar-refractivity contribution in [1.29, 1.82) is 0 Å². The van der Waals surface area contributed by atoms with E-state index in [4.69, 9.17) is 4.74 Å². The zero-order chi connectivity index (χ0) is 10.9. The fraction of sp³-hybridized carbons (Fsp3) is 0.357. The third-order valence-corrected chi connectivity index (χ3v) is 3.34. The van der Waals surface area contributed by atoms with E-state index < -0.39 is 0 Å². The molecule has 0 spiro atoms. The molecule has 0 aliphatic heterocycles. The van der Waals surface area contributed by atoms with Gasteiger partial charge in [0.05, 0.1) is 0 Å². The molecule has 84 valence electrons. The quantitative estimate of drug-likeness (QED) is 0.539. The van der Waals surface area contributed by atoms with Crippen LogP contribution in [0.1, 0.15) is 13.8 Å². The SMILES string of the molecule is [CH2-]OC(C1(C)C=CC=C1)C1(C)C=CC=C1.[Hf]. The molecule has 0 atom stereocenters. The van der Waals surface area contributed by atoms with Gasteiger partial charge < -0.3 is 4.74 Å². The minimum atomic E-state index is -0.0600. The molecule has 0 saturated heterocycles. The third kappa shape index (κ3) is 2.23. The molecule has 2 rings (SSSR count). The monoisotopic (exact) mass is 381 g/mol. The van der Waals surface area contributed by atoms with E-state index in [1.165, 1.54) is 0 Å². The third-order valence-electron chi connectivity index (χ3n) is 3.34. The zero-order valence-electron chi connectivity index (χ0n) is 9.81. The Morgan fingerprint density at radius 1 is 0.875 bits per heavy atom. The summed E-state index contributed by atoms with van der Waals surface area (Å²) in [5.41, 5.74) is -0.120. The molecule has 0 fully saturated rings. The number of ether oxygens (including phenoxy) is 1. The van der Waals surface area contributed by atoms with Crippen molar-refractivity contribution in [3.05, 3.63) is 55.7 Å². The topological polar surface area (TPSA) is 9.23 Å². The van der Waals surface area contributed by atoms with E-state index in [0.29, 0.717) is 0 Å². The molecule has 0 amide bonds. The van der Waals surface area contributed by atoms with Crippen molar-refractivity contribution in [3.63, 3.8) is 0 Å². The molecule has 0 saturated carbocycles. The number of hydrogen-bond donors (Lipinski definition) is 0. The van der Waals surface area contributed by atoms with Gasteiger partial charge in [-0.3, -0.25) is 0 Å². The summed E-state index contributed by atoms with van der Waals surface area (Å²) in [6.45, 7) is 4.35. The normalized spacial score (nSPS) is 23.0. The van der Waals surface area contributed by atoms with Gasteiger partial charge in [0.15, 0.2) is 0 Å². The van der Waals surface area contributed by atoms with Crippen molar-refractivity contribution in [2.24, 2.45) is 10.8 Å². The standard InChI is InChI=1S/C14H17O.Hf/c1-13(8-4-5-9-13)12(15-3)14(2)10-6-7-11-14;/h4-12H,3H2,1-2H3;/q-1;. The number of hydrogen-bond acceptors (Lipinski definition) is 1. The first-order valence-electron chi connectivity index (χ1n) is 5.26. The van der Waals surface area contributed by atoms with E-state index in [9.17, 15) is 0 Å². The molecule has 1 nitrogen and oxygen atoms in total. The van der Waals surface area contributed by atoms with Crippen molar-refractivity contribution in [2.45, 2.75) is 20.0 Å². The largest absolute Gasteiger partial charge is 0.551 e. The van der Waals surface area contributed by atoms with Crippen LogP contribution in [0.5, 0.6) is 0 Å². The van der Waals surface area contributed by atoms with E-state index in [-0.39, 0.29) is 42.8 Å². The molecule has 16 heavy (non-hydrogen) atoms. The van der Waals surface area contributed by atoms with E-state index >= 15 is 0 Å². The van der Waals surface area contributed by atoms with Crippen LogP contribution in [0, 0.1) is 17.9 Å². The summed E-state index contributed by atoms with van der Waals surface area (Å²) in [7, 11) is 3.63. The van der Waals surface area contributed by atoms with E-state index in [0.717, 1.165) is 0 Å². The predicted octanol–water partition coefficient (Wildman–Crippen LogP) is 3.43. The van der Waals surface area contributed by atoms with Crippen molar-refractivity contribution in [1.82, 2.24) is 0 Å². The second kappa shape index (κ2) is 4.97. The molecule has 0 aromatic rings. The van der Waals surface area contributed by atoms with Gasteiger partial charge in [0.1, 0.15) is 0 Å². The fourth-order valence-electron chi connectivity index (χ4n) is 2.54. The average Bonchev–Trinajstić information content (AvgIpc) is 2.77. The summed E-state index contributed by atoms with van der Waals surface area (Å²) in [5, 5.41) is 0. The molecule has 0 radical (unpaired) electrons. The Labute approximate surface area is 117 Å². The van der Waals surface area contributed by atoms with Crippen LogP contribution in [-0.2, 0) is 30.6 Å². The van der Waals surface area contributed by atoms with Gasteiger partial charge in [-0.1, -0.05) is 62.5 Å². The number of rotatable bonds is 3. The minimum absolute atomic E-state index is 0. The van der Waals surface area contributed by atoms with Gasteiger partial charge in [0, 0.05) is 42.8 Å². The first-order chi connectivity index (χ1) is 7.11. The Hall–Kier alpha value is -0.210. The smallest absolute Gasteiger partial charge is 0.0481 e. The summed E-state index contributed by atoms with van der Waals surface area (Å²) in [6.07, 6.45) is 17.0. The summed E-state index contributed by atoms with van der Waals surface area (Å²) in [5.74, 6) is 0. The van der Waals surface area contributed by atoms with E-state index in [2.05, 4.69) is 69.6 Å². The van der Waals surface area contributed by atoms with Gasteiger partial charge in [-0.05, 0) is 0 Å². The Bertz CT molecular complexity index is 305. The van der Waals surface area contributed by atoms with Gasteiger partial charge in [0.25, 0.3) is 0 Å². The second-order valence-corrected chi connectivity index (χ2v) is 4.72. The van der Waals surface area contributed by atoms with Crippen LogP contribution in [0.2, 0.25) is 0 Å². The maximum absolute atomic E-state index is 5.47. The molecule has 0 unspecified atom stereocenters. The van der Waals surface area contributed by atoms with Crippen LogP contribution in [-0.4, -0.2) is 6.10 Å². The summed E-state index contributed by atoms with van der Waals surface area (Å²) in [6, 6.07) is 0. The molecule has 2 heteroatoms. The van der Waals surface area contributed by atoms with Crippen molar-refractivity contribution >= 4 is 0 Å². The van der Waals surface area contributed by atoms with Crippen molar-refractivity contribution in [3.8, 4) is 0 Å². The van der Waals surface area contributed by atoms with Gasteiger partial charge in [-0.25, -0.2) is 7.11 Å². The summed E-state index contributed by atoms with van der Waals surface area (Å²) < 4.78 is 5.47. The van der Waals surface area contributed by atoms with Gasteiger partial charge in [0.2, 0.25) is 0 Å². The Morgan fingerprint density at radius 3 is 1.44 bits per heavy atom. The molecule has 0 heterocycles. The molecule has 0 N–H and O–H groups in total. The Kier molecular flexibility index (Phi) is 4.30. The summed E-state index contributed by atoms with van der Waals surface area (Å²) >= 11 is 0. The molecule has 0 aromatic heterocycles. The van der Waals surface area contributed by atoms with Crippen LogP contribution in [0.25, 0.3) is 0 Å². The molecule has 0 aromatic carbocycles. The predicted molar refractivity (Wildman–Crippen MR) is 63.0 cm³/mol. The van der Waals surface area contributed by atoms with Crippen LogP contribution in [0.15, 0.2) is 48.6 Å². The van der Waals surface area contributed by atoms with Gasteiger partial charge >= 0.3 is 0 Å². The first-order valence-corrected chi connectivity index (χ1v) is 5.26. The van der Waals surface area contributed by atoms with Crippen LogP contribution < -0.4 is 0 Å². The minimum Gasteiger partial charge on any atom is -0.551 e. The van der Waals surface area contributed by atoms with Crippen molar-refractivity contribution in [2.75, 3.05) is 0 Å². The fourth-order valence-corrected chi connectivity index (χ4v) is 2.54. The molecule has 2 aliphatic carbocycles. The maximum Gasteiger partial charge on any atom is 0.0481 e. The first kappa shape index (κ1) is 13.9. The summed E-state index contributed by atoms with van der Waals surface area (Å²) in [4.78, 5) is 0. The molecule has 2 aliphatic rings. The van der Waals surface area contributed by atoms with E-state index in [1.807, 2.05) is 0 Å². The van der Waals surface area contributed by atoms with Crippen molar-refractivity contribution < 1.29 is 30.6 Å². The molecular weight excluding hydrogens is 363 g/mol. The second-order valence-electron chi connectivity index (χ2n) is 4.72. The van der Waals surface area contributed by atoms with E-state index in [1.54, 1.807) is 0 Å². The van der Waals surface area contributed by atoms with Gasteiger partial charge in [-0.2, -0.15) is 0 Å². The zero-order valence-corrected chi connectivity index (χ0v) is 13.4. The van der Waals surface area contributed by atoms with Gasteiger partial charge in [-0.15, -0.1) is 0 Å². The van der Waals surface area contributed by atoms with Crippen LogP contribution in [0.3, 0.4) is 0 Å². The Morgan fingerprint density at radius 2 is 1.19 bits per heavy atom. The number of allylic oxidation sites excluding steroid dienone is 4. The Balaban J connectivity index is 0.00000128. The molecule has 0 bridgehead atoms. The molecular formula is C14H17HfO-.